The molecule has 0 unspecified atom stereocenters. The van der Waals surface area contributed by atoms with Gasteiger partial charge in [0.25, 0.3) is 0 Å². The average Bonchev–Trinajstić information content (AvgIpc) is 2.33. The first kappa shape index (κ1) is 11.1. The van der Waals surface area contributed by atoms with Gasteiger partial charge in [-0.1, -0.05) is 0 Å². The van der Waals surface area contributed by atoms with Gasteiger partial charge in [-0.3, -0.25) is 0 Å². The Morgan fingerprint density at radius 3 is 1.62 bits per heavy atom. The minimum absolute atomic E-state index is 0.0727. The van der Waals surface area contributed by atoms with Gasteiger partial charge in [0.15, 0.2) is 0 Å². The van der Waals surface area contributed by atoms with Crippen molar-refractivity contribution in [1.82, 2.24) is 0 Å². The molecule has 4 nitrogen and oxygen atoms in total. The maximum Gasteiger partial charge on any atom is 0.680 e. The monoisotopic (exact) mass is 206 g/mol. The van der Waals surface area contributed by atoms with Crippen molar-refractivity contribution in [2.75, 3.05) is 13.2 Å². The highest BCUT2D eigenvalue weighted by molar-refractivity contribution is 6.54. The van der Waals surface area contributed by atoms with Crippen molar-refractivity contribution >= 4 is 9.05 Å². The first-order valence-corrected chi connectivity index (χ1v) is 6.31. The molecule has 1 fully saturated rings. The molecule has 0 amide bonds. The molecule has 0 aliphatic carbocycles. The lowest BCUT2D eigenvalue weighted by Crippen LogP contribution is -2.48. The van der Waals surface area contributed by atoms with Crippen molar-refractivity contribution < 1.29 is 17.7 Å². The highest BCUT2D eigenvalue weighted by Crippen LogP contribution is 2.20. The molecule has 0 aromatic carbocycles. The summed E-state index contributed by atoms with van der Waals surface area (Å²) in [5.41, 5.74) is 0. The van der Waals surface area contributed by atoms with Gasteiger partial charge in [-0.25, -0.2) is 0 Å². The molecule has 0 saturated carbocycles. The van der Waals surface area contributed by atoms with Crippen LogP contribution in [0.1, 0.15) is 27.7 Å². The smallest absolute Gasteiger partial charge is 0.349 e. The molecule has 78 valence electrons. The van der Waals surface area contributed by atoms with E-state index in [4.69, 9.17) is 17.7 Å². The fourth-order valence-corrected chi connectivity index (χ4v) is 3.35. The van der Waals surface area contributed by atoms with Crippen molar-refractivity contribution in [2.45, 2.75) is 39.9 Å². The van der Waals surface area contributed by atoms with Gasteiger partial charge in [0, 0.05) is 12.2 Å². The van der Waals surface area contributed by atoms with Crippen LogP contribution in [0.3, 0.4) is 0 Å². The molecule has 0 spiro atoms. The molecule has 0 aromatic heterocycles. The lowest BCUT2D eigenvalue weighted by Gasteiger charge is -2.25. The predicted octanol–water partition coefficient (Wildman–Crippen LogP) is 1.32. The van der Waals surface area contributed by atoms with Crippen molar-refractivity contribution in [3.63, 3.8) is 0 Å². The van der Waals surface area contributed by atoms with Gasteiger partial charge in [0.2, 0.25) is 0 Å². The lowest BCUT2D eigenvalue weighted by atomic mass is 10.5. The summed E-state index contributed by atoms with van der Waals surface area (Å²) in [5, 5.41) is 0. The number of hydrogen-bond acceptors (Lipinski definition) is 4. The largest absolute Gasteiger partial charge is 0.680 e. The van der Waals surface area contributed by atoms with Gasteiger partial charge < -0.3 is 17.7 Å². The van der Waals surface area contributed by atoms with E-state index in [0.717, 1.165) is 0 Å². The zero-order valence-corrected chi connectivity index (χ0v) is 9.70. The van der Waals surface area contributed by atoms with Crippen LogP contribution in [0.4, 0.5) is 0 Å². The molecule has 1 aliphatic heterocycles. The van der Waals surface area contributed by atoms with Crippen LogP contribution in [-0.2, 0) is 17.7 Å². The second-order valence-corrected chi connectivity index (χ2v) is 5.58. The zero-order chi connectivity index (χ0) is 9.90. The summed E-state index contributed by atoms with van der Waals surface area (Å²) in [4.78, 5) is 0. The molecule has 0 radical (unpaired) electrons. The third-order valence-electron chi connectivity index (χ3n) is 1.40. The highest BCUT2D eigenvalue weighted by atomic mass is 28.4. The molecule has 0 aromatic rings. The van der Waals surface area contributed by atoms with Gasteiger partial charge in [0.1, 0.15) is 0 Å². The summed E-state index contributed by atoms with van der Waals surface area (Å²) in [6, 6.07) is 0. The average molecular weight is 206 g/mol. The molecule has 1 rings (SSSR count). The maximum atomic E-state index is 5.58. The summed E-state index contributed by atoms with van der Waals surface area (Å²) < 4.78 is 22.0. The Hall–Kier alpha value is 0.0569. The van der Waals surface area contributed by atoms with E-state index in [1.165, 1.54) is 0 Å². The molecular weight excluding hydrogens is 188 g/mol. The van der Waals surface area contributed by atoms with Crippen molar-refractivity contribution in [3.8, 4) is 0 Å². The molecule has 5 heteroatoms. The van der Waals surface area contributed by atoms with Crippen LogP contribution in [0.15, 0.2) is 0 Å². The topological polar surface area (TPSA) is 36.9 Å². The molecule has 0 N–H and O–H groups in total. The Morgan fingerprint density at radius 2 is 1.31 bits per heavy atom. The summed E-state index contributed by atoms with van der Waals surface area (Å²) in [5.74, 6) is 0. The van der Waals surface area contributed by atoms with Crippen molar-refractivity contribution in [3.05, 3.63) is 0 Å². The third-order valence-corrected chi connectivity index (χ3v) is 4.04. The standard InChI is InChI=1S/C8H18O4Si/c1-7(2)11-13(12-8(3)4)9-5-6-10-13/h7-8H,5-6H2,1-4H3. The summed E-state index contributed by atoms with van der Waals surface area (Å²) in [6.07, 6.45) is 0.145. The number of hydrogen-bond donors (Lipinski definition) is 0. The van der Waals surface area contributed by atoms with Crippen LogP contribution in [0.2, 0.25) is 0 Å². The van der Waals surface area contributed by atoms with Crippen LogP contribution in [0.5, 0.6) is 0 Å². The van der Waals surface area contributed by atoms with Crippen LogP contribution < -0.4 is 0 Å². The van der Waals surface area contributed by atoms with E-state index in [9.17, 15) is 0 Å². The summed E-state index contributed by atoms with van der Waals surface area (Å²) in [6.45, 7) is 8.94. The van der Waals surface area contributed by atoms with Crippen LogP contribution >= 0.6 is 0 Å². The van der Waals surface area contributed by atoms with E-state index in [2.05, 4.69) is 0 Å². The summed E-state index contributed by atoms with van der Waals surface area (Å²) in [7, 11) is -2.76. The first-order chi connectivity index (χ1) is 6.04. The van der Waals surface area contributed by atoms with Gasteiger partial charge in [-0.15, -0.1) is 0 Å². The van der Waals surface area contributed by atoms with E-state index >= 15 is 0 Å². The minimum Gasteiger partial charge on any atom is -0.349 e. The molecule has 0 bridgehead atoms. The molecular formula is C8H18O4Si. The second kappa shape index (κ2) is 4.52. The fraction of sp³-hybridized carbons (Fsp3) is 1.00. The van der Waals surface area contributed by atoms with Crippen molar-refractivity contribution in [1.29, 1.82) is 0 Å². The molecule has 13 heavy (non-hydrogen) atoms. The fourth-order valence-electron chi connectivity index (χ4n) is 1.12. The summed E-state index contributed by atoms with van der Waals surface area (Å²) >= 11 is 0. The Morgan fingerprint density at radius 1 is 0.923 bits per heavy atom. The van der Waals surface area contributed by atoms with Gasteiger partial charge in [-0.05, 0) is 27.7 Å². The molecule has 1 heterocycles. The zero-order valence-electron chi connectivity index (χ0n) is 8.70. The van der Waals surface area contributed by atoms with Gasteiger partial charge in [0.05, 0.1) is 13.2 Å². The Labute approximate surface area is 80.6 Å². The second-order valence-electron chi connectivity index (χ2n) is 3.53. The Balaban J connectivity index is 2.52. The third kappa shape index (κ3) is 3.36. The van der Waals surface area contributed by atoms with E-state index in [1.54, 1.807) is 0 Å². The SMILES string of the molecule is CC(C)O[Si]1(OC(C)C)OCCO1. The lowest BCUT2D eigenvalue weighted by molar-refractivity contribution is -0.0156. The van der Waals surface area contributed by atoms with E-state index in [-0.39, 0.29) is 12.2 Å². The minimum atomic E-state index is -2.76. The van der Waals surface area contributed by atoms with Gasteiger partial charge >= 0.3 is 9.05 Å². The number of rotatable bonds is 4. The van der Waals surface area contributed by atoms with E-state index in [1.807, 2.05) is 27.7 Å². The normalized spacial score (nSPS) is 21.7. The van der Waals surface area contributed by atoms with E-state index < -0.39 is 9.05 Å². The van der Waals surface area contributed by atoms with Crippen LogP contribution in [0, 0.1) is 0 Å². The molecule has 1 saturated heterocycles. The molecule has 0 atom stereocenters. The molecule has 1 aliphatic rings. The van der Waals surface area contributed by atoms with Gasteiger partial charge in [-0.2, -0.15) is 0 Å². The predicted molar refractivity (Wildman–Crippen MR) is 50.1 cm³/mol. The van der Waals surface area contributed by atoms with E-state index in [0.29, 0.717) is 13.2 Å². The maximum absolute atomic E-state index is 5.58. The Kier molecular flexibility index (Phi) is 3.87. The Bertz CT molecular complexity index is 142. The quantitative estimate of drug-likeness (QED) is 0.650. The van der Waals surface area contributed by atoms with Crippen LogP contribution in [0.25, 0.3) is 0 Å². The first-order valence-electron chi connectivity index (χ1n) is 4.67. The highest BCUT2D eigenvalue weighted by Gasteiger charge is 2.50. The van der Waals surface area contributed by atoms with Crippen LogP contribution in [-0.4, -0.2) is 34.5 Å². The van der Waals surface area contributed by atoms with Crippen molar-refractivity contribution in [2.24, 2.45) is 0 Å².